The van der Waals surface area contributed by atoms with Crippen LogP contribution in [0.1, 0.15) is 45.6 Å². The Morgan fingerprint density at radius 1 is 1.32 bits per heavy atom. The monoisotopic (exact) mass is 391 g/mol. The lowest BCUT2D eigenvalue weighted by molar-refractivity contribution is 0.0205. The second-order valence-electron chi connectivity index (χ2n) is 8.01. The second kappa shape index (κ2) is 11.4. The molecule has 0 aliphatic carbocycles. The van der Waals surface area contributed by atoms with Crippen LogP contribution in [0.3, 0.4) is 0 Å². The summed E-state index contributed by atoms with van der Waals surface area (Å²) in [6.45, 7) is 11.6. The SMILES string of the molecule is CCNC(=NCCCOCC1CCOCC1)N1CCC(C)C(n2ccnc2)C1. The van der Waals surface area contributed by atoms with Crippen molar-refractivity contribution in [2.75, 3.05) is 52.6 Å². The van der Waals surface area contributed by atoms with Crippen LogP contribution in [0, 0.1) is 11.8 Å². The van der Waals surface area contributed by atoms with E-state index in [1.54, 1.807) is 0 Å². The summed E-state index contributed by atoms with van der Waals surface area (Å²) >= 11 is 0. The van der Waals surface area contributed by atoms with E-state index in [0.717, 1.165) is 77.8 Å². The molecule has 2 fully saturated rings. The molecule has 2 aliphatic heterocycles. The first-order valence-corrected chi connectivity index (χ1v) is 10.9. The molecule has 2 unspecified atom stereocenters. The molecule has 1 aromatic heterocycles. The quantitative estimate of drug-likeness (QED) is 0.419. The minimum absolute atomic E-state index is 0.447. The predicted molar refractivity (Wildman–Crippen MR) is 112 cm³/mol. The first kappa shape index (κ1) is 21.1. The number of ether oxygens (including phenoxy) is 2. The molecule has 2 atom stereocenters. The van der Waals surface area contributed by atoms with E-state index in [-0.39, 0.29) is 0 Å². The van der Waals surface area contributed by atoms with Crippen LogP contribution in [0.2, 0.25) is 0 Å². The van der Waals surface area contributed by atoms with Crippen molar-refractivity contribution in [1.29, 1.82) is 0 Å². The minimum Gasteiger partial charge on any atom is -0.381 e. The van der Waals surface area contributed by atoms with Gasteiger partial charge >= 0.3 is 0 Å². The molecule has 0 amide bonds. The van der Waals surface area contributed by atoms with Crippen molar-refractivity contribution in [3.8, 4) is 0 Å². The third kappa shape index (κ3) is 6.21. The van der Waals surface area contributed by atoms with Crippen molar-refractivity contribution in [3.05, 3.63) is 18.7 Å². The highest BCUT2D eigenvalue weighted by Gasteiger charge is 2.28. The number of nitrogens with one attached hydrogen (secondary N) is 1. The van der Waals surface area contributed by atoms with Gasteiger partial charge in [-0.3, -0.25) is 4.99 Å². The number of likely N-dealkylation sites (tertiary alicyclic amines) is 1. The number of rotatable bonds is 8. The smallest absolute Gasteiger partial charge is 0.193 e. The maximum atomic E-state index is 5.87. The van der Waals surface area contributed by atoms with Gasteiger partial charge in [0, 0.05) is 65.0 Å². The van der Waals surface area contributed by atoms with Crippen LogP contribution in [0.25, 0.3) is 0 Å². The lowest BCUT2D eigenvalue weighted by atomic mass is 9.93. The third-order valence-electron chi connectivity index (χ3n) is 5.86. The number of nitrogens with zero attached hydrogens (tertiary/aromatic N) is 4. The highest BCUT2D eigenvalue weighted by molar-refractivity contribution is 5.80. The van der Waals surface area contributed by atoms with Crippen LogP contribution in [0.5, 0.6) is 0 Å². The van der Waals surface area contributed by atoms with E-state index < -0.39 is 0 Å². The Kier molecular flexibility index (Phi) is 8.61. The molecular weight excluding hydrogens is 354 g/mol. The summed E-state index contributed by atoms with van der Waals surface area (Å²) < 4.78 is 13.5. The van der Waals surface area contributed by atoms with Crippen LogP contribution in [0.4, 0.5) is 0 Å². The number of aliphatic imine (C=N–C) groups is 1. The molecule has 28 heavy (non-hydrogen) atoms. The summed E-state index contributed by atoms with van der Waals surface area (Å²) in [5, 5.41) is 3.47. The van der Waals surface area contributed by atoms with Gasteiger partial charge in [-0.05, 0) is 44.4 Å². The summed E-state index contributed by atoms with van der Waals surface area (Å²) in [7, 11) is 0. The van der Waals surface area contributed by atoms with Crippen molar-refractivity contribution >= 4 is 5.96 Å². The Balaban J connectivity index is 1.44. The summed E-state index contributed by atoms with van der Waals surface area (Å²) in [4.78, 5) is 11.5. The number of guanidine groups is 1. The Morgan fingerprint density at radius 3 is 2.93 bits per heavy atom. The molecule has 0 spiro atoms. The van der Waals surface area contributed by atoms with Crippen molar-refractivity contribution in [3.63, 3.8) is 0 Å². The normalized spacial score (nSPS) is 24.5. The highest BCUT2D eigenvalue weighted by atomic mass is 16.5. The number of hydrogen-bond acceptors (Lipinski definition) is 4. The molecule has 3 heterocycles. The molecule has 1 N–H and O–H groups in total. The van der Waals surface area contributed by atoms with Crippen molar-refractivity contribution < 1.29 is 9.47 Å². The van der Waals surface area contributed by atoms with Crippen LogP contribution >= 0.6 is 0 Å². The average molecular weight is 392 g/mol. The Labute approximate surface area is 169 Å². The van der Waals surface area contributed by atoms with E-state index in [4.69, 9.17) is 14.5 Å². The van der Waals surface area contributed by atoms with Gasteiger partial charge in [0.05, 0.1) is 12.4 Å². The molecule has 2 saturated heterocycles. The molecule has 0 bridgehead atoms. The van der Waals surface area contributed by atoms with Crippen molar-refractivity contribution in [2.24, 2.45) is 16.8 Å². The van der Waals surface area contributed by atoms with E-state index in [1.807, 2.05) is 12.5 Å². The molecule has 0 radical (unpaired) electrons. The zero-order valence-corrected chi connectivity index (χ0v) is 17.6. The fraction of sp³-hybridized carbons (Fsp3) is 0.810. The standard InChI is InChI=1S/C21H37N5O2/c1-3-23-21(24-8-4-12-28-16-19-6-13-27-14-7-19)25-10-5-18(2)20(15-25)26-11-9-22-17-26/h9,11,17-20H,3-8,10,12-16H2,1-2H3,(H,23,24). The van der Waals surface area contributed by atoms with Gasteiger partial charge in [0.25, 0.3) is 0 Å². The van der Waals surface area contributed by atoms with E-state index in [1.165, 1.54) is 6.42 Å². The van der Waals surface area contributed by atoms with Gasteiger partial charge in [-0.2, -0.15) is 0 Å². The third-order valence-corrected chi connectivity index (χ3v) is 5.86. The van der Waals surface area contributed by atoms with Gasteiger partial charge in [-0.1, -0.05) is 6.92 Å². The predicted octanol–water partition coefficient (Wildman–Crippen LogP) is 2.56. The van der Waals surface area contributed by atoms with Crippen molar-refractivity contribution in [2.45, 2.75) is 45.6 Å². The van der Waals surface area contributed by atoms with Crippen LogP contribution in [0.15, 0.2) is 23.7 Å². The maximum absolute atomic E-state index is 5.87. The van der Waals surface area contributed by atoms with Crippen LogP contribution < -0.4 is 5.32 Å². The Morgan fingerprint density at radius 2 is 2.18 bits per heavy atom. The molecule has 1 aromatic rings. The minimum atomic E-state index is 0.447. The molecule has 3 rings (SSSR count). The highest BCUT2D eigenvalue weighted by Crippen LogP contribution is 2.27. The number of aromatic nitrogens is 2. The second-order valence-corrected chi connectivity index (χ2v) is 8.01. The summed E-state index contributed by atoms with van der Waals surface area (Å²) in [5.74, 6) is 2.35. The molecule has 2 aliphatic rings. The molecule has 7 nitrogen and oxygen atoms in total. The van der Waals surface area contributed by atoms with Crippen LogP contribution in [-0.2, 0) is 9.47 Å². The summed E-state index contributed by atoms with van der Waals surface area (Å²) in [5.41, 5.74) is 0. The number of imidazole rings is 1. The Bertz CT molecular complexity index is 571. The first-order valence-electron chi connectivity index (χ1n) is 10.9. The zero-order valence-electron chi connectivity index (χ0n) is 17.6. The molecule has 0 saturated carbocycles. The fourth-order valence-corrected chi connectivity index (χ4v) is 4.04. The van der Waals surface area contributed by atoms with Crippen LogP contribution in [-0.4, -0.2) is 73.0 Å². The van der Waals surface area contributed by atoms with Gasteiger partial charge in [-0.15, -0.1) is 0 Å². The Hall–Kier alpha value is -1.60. The van der Waals surface area contributed by atoms with Crippen molar-refractivity contribution in [1.82, 2.24) is 19.8 Å². The number of hydrogen-bond donors (Lipinski definition) is 1. The molecule has 158 valence electrons. The van der Waals surface area contributed by atoms with Gasteiger partial charge in [0.1, 0.15) is 0 Å². The lowest BCUT2D eigenvalue weighted by Crippen LogP contribution is -2.49. The topological polar surface area (TPSA) is 63.9 Å². The maximum Gasteiger partial charge on any atom is 0.193 e. The summed E-state index contributed by atoms with van der Waals surface area (Å²) in [6, 6.07) is 0.447. The van der Waals surface area contributed by atoms with Gasteiger partial charge in [0.2, 0.25) is 0 Å². The van der Waals surface area contributed by atoms with E-state index in [0.29, 0.717) is 17.9 Å². The van der Waals surface area contributed by atoms with E-state index >= 15 is 0 Å². The molecule has 0 aromatic carbocycles. The van der Waals surface area contributed by atoms with Gasteiger partial charge in [0.15, 0.2) is 5.96 Å². The fourth-order valence-electron chi connectivity index (χ4n) is 4.04. The zero-order chi connectivity index (χ0) is 19.6. The van der Waals surface area contributed by atoms with E-state index in [9.17, 15) is 0 Å². The lowest BCUT2D eigenvalue weighted by Gasteiger charge is -2.39. The molecule has 7 heteroatoms. The average Bonchev–Trinajstić information content (AvgIpc) is 3.25. The first-order chi connectivity index (χ1) is 13.8. The largest absolute Gasteiger partial charge is 0.381 e. The summed E-state index contributed by atoms with van der Waals surface area (Å²) in [6.07, 6.45) is 10.3. The van der Waals surface area contributed by atoms with E-state index in [2.05, 4.69) is 39.8 Å². The molecular formula is C21H37N5O2. The van der Waals surface area contributed by atoms with Gasteiger partial charge in [-0.25, -0.2) is 4.98 Å². The number of piperidine rings is 1. The van der Waals surface area contributed by atoms with Gasteiger partial charge < -0.3 is 24.3 Å².